The lowest BCUT2D eigenvalue weighted by Gasteiger charge is -2.39. The fourth-order valence-electron chi connectivity index (χ4n) is 4.43. The molecule has 1 aliphatic rings. The number of nitrogens with one attached hydrogen (secondary N) is 1. The van der Waals surface area contributed by atoms with Gasteiger partial charge in [0.05, 0.1) is 12.2 Å². The molecule has 0 unspecified atom stereocenters. The largest absolute Gasteiger partial charge is 0.493 e. The van der Waals surface area contributed by atoms with Crippen LogP contribution in [0.15, 0.2) is 36.4 Å². The second kappa shape index (κ2) is 14.8. The van der Waals surface area contributed by atoms with Gasteiger partial charge in [-0.1, -0.05) is 12.1 Å². The van der Waals surface area contributed by atoms with Crippen molar-refractivity contribution in [3.05, 3.63) is 53.2 Å². The van der Waals surface area contributed by atoms with Crippen molar-refractivity contribution >= 4 is 17.7 Å². The van der Waals surface area contributed by atoms with Crippen LogP contribution in [0.2, 0.25) is 0 Å². The lowest BCUT2D eigenvalue weighted by Crippen LogP contribution is -2.47. The van der Waals surface area contributed by atoms with Gasteiger partial charge in [0.1, 0.15) is 11.6 Å². The average Bonchev–Trinajstić information content (AvgIpc) is 3.02. The smallest absolute Gasteiger partial charge is 0.300 e. The number of rotatable bonds is 12. The maximum Gasteiger partial charge on any atom is 0.300 e. The molecule has 1 aromatic heterocycles. The van der Waals surface area contributed by atoms with Crippen LogP contribution in [-0.2, 0) is 33.7 Å². The molecule has 1 aromatic carbocycles. The molecule has 1 amide bonds. The molecular formula is C30H46N4O5. The highest BCUT2D eigenvalue weighted by molar-refractivity contribution is 5.78. The van der Waals surface area contributed by atoms with Crippen LogP contribution >= 0.6 is 0 Å². The van der Waals surface area contributed by atoms with Crippen molar-refractivity contribution in [3.63, 3.8) is 0 Å². The first-order valence-corrected chi connectivity index (χ1v) is 13.6. The van der Waals surface area contributed by atoms with Crippen LogP contribution in [0, 0.1) is 0 Å². The number of benzene rings is 1. The maximum absolute atomic E-state index is 13.1. The fraction of sp³-hybridized carbons (Fsp3) is 0.567. The Kier molecular flexibility index (Phi) is 12.2. The van der Waals surface area contributed by atoms with Gasteiger partial charge in [0.25, 0.3) is 5.97 Å². The molecule has 0 aliphatic carbocycles. The average molecular weight is 543 g/mol. The Morgan fingerprint density at radius 2 is 1.82 bits per heavy atom. The summed E-state index contributed by atoms with van der Waals surface area (Å²) in [4.78, 5) is 28.6. The second-order valence-electron chi connectivity index (χ2n) is 11.0. The van der Waals surface area contributed by atoms with Gasteiger partial charge in [-0.2, -0.15) is 0 Å². The molecule has 9 heteroatoms. The van der Waals surface area contributed by atoms with E-state index in [9.17, 15) is 4.79 Å². The first-order valence-electron chi connectivity index (χ1n) is 13.6. The van der Waals surface area contributed by atoms with Crippen molar-refractivity contribution in [1.82, 2.24) is 9.88 Å². The van der Waals surface area contributed by atoms with Crippen molar-refractivity contribution < 1.29 is 24.2 Å². The number of hydrogen-bond donors (Lipinski definition) is 3. The Hall–Kier alpha value is -3.17. The maximum atomic E-state index is 13.1. The molecule has 0 spiro atoms. The predicted octanol–water partition coefficient (Wildman–Crippen LogP) is 4.42. The normalized spacial score (nSPS) is 13.6. The zero-order valence-corrected chi connectivity index (χ0v) is 24.4. The third kappa shape index (κ3) is 10.8. The first-order chi connectivity index (χ1) is 18.4. The summed E-state index contributed by atoms with van der Waals surface area (Å²) in [6, 6.07) is 12.2. The zero-order chi connectivity index (χ0) is 29.1. The van der Waals surface area contributed by atoms with E-state index in [0.29, 0.717) is 32.7 Å². The molecule has 9 nitrogen and oxygen atoms in total. The number of aromatic nitrogens is 1. The minimum absolute atomic E-state index is 0.186. The summed E-state index contributed by atoms with van der Waals surface area (Å²) in [6.45, 7) is 11.8. The monoisotopic (exact) mass is 542 g/mol. The number of anilines is 1. The van der Waals surface area contributed by atoms with Crippen LogP contribution in [0.25, 0.3) is 0 Å². The van der Waals surface area contributed by atoms with Crippen LogP contribution in [0.1, 0.15) is 70.7 Å². The van der Waals surface area contributed by atoms with Gasteiger partial charge in [-0.05, 0) is 88.9 Å². The van der Waals surface area contributed by atoms with Gasteiger partial charge in [0.2, 0.25) is 5.91 Å². The minimum Gasteiger partial charge on any atom is -0.493 e. The highest BCUT2D eigenvalue weighted by Gasteiger charge is 2.33. The Bertz CT molecular complexity index is 1080. The molecule has 0 radical (unpaired) electrons. The van der Waals surface area contributed by atoms with E-state index >= 15 is 0 Å². The highest BCUT2D eigenvalue weighted by Crippen LogP contribution is 2.30. The van der Waals surface area contributed by atoms with Gasteiger partial charge in [-0.15, -0.1) is 0 Å². The van der Waals surface area contributed by atoms with Gasteiger partial charge in [0.15, 0.2) is 0 Å². The predicted molar refractivity (Wildman–Crippen MR) is 154 cm³/mol. The van der Waals surface area contributed by atoms with Gasteiger partial charge in [0, 0.05) is 51.2 Å². The number of aliphatic carboxylic acids is 1. The van der Waals surface area contributed by atoms with Gasteiger partial charge in [-0.3, -0.25) is 9.59 Å². The first kappa shape index (κ1) is 32.0. The standard InChI is InChI=1S/C28H42N4O3.C2H4O2/c1-27(2,15-18-35-28(3,4)14-16-29)32-20-22-19-24(11-9-21(22)10-12-26(32)33)34-17-13-23-7-6-8-25(30-5)31-23;1-2(3)4/h6-9,11,19H,10,12-18,20,29H2,1-5H3,(H,30,31);1H3,(H,3,4). The number of nitrogens with zero attached hydrogens (tertiary/aromatic N) is 2. The van der Waals surface area contributed by atoms with Crippen molar-refractivity contribution in [1.29, 1.82) is 0 Å². The van der Waals surface area contributed by atoms with Crippen molar-refractivity contribution in [2.75, 3.05) is 32.1 Å². The third-order valence-electron chi connectivity index (χ3n) is 6.79. The SMILES string of the molecule is CC(=O)O.CNc1cccc(CCOc2ccc3c(c2)CN(C(C)(C)CCOC(C)(C)CCN)C(=O)CC3)n1. The Morgan fingerprint density at radius 1 is 1.10 bits per heavy atom. The topological polar surface area (TPSA) is 127 Å². The van der Waals surface area contributed by atoms with Crippen LogP contribution in [-0.4, -0.2) is 64.8 Å². The molecule has 0 atom stereocenters. The summed E-state index contributed by atoms with van der Waals surface area (Å²) >= 11 is 0. The van der Waals surface area contributed by atoms with Crippen LogP contribution in [0.5, 0.6) is 5.75 Å². The Balaban J connectivity index is 0.00000124. The number of hydrogen-bond acceptors (Lipinski definition) is 7. The summed E-state index contributed by atoms with van der Waals surface area (Å²) in [6.07, 6.45) is 3.57. The highest BCUT2D eigenvalue weighted by atomic mass is 16.5. The third-order valence-corrected chi connectivity index (χ3v) is 6.79. The van der Waals surface area contributed by atoms with Crippen LogP contribution in [0.4, 0.5) is 5.82 Å². The van der Waals surface area contributed by atoms with E-state index in [1.807, 2.05) is 36.2 Å². The molecule has 0 saturated heterocycles. The van der Waals surface area contributed by atoms with E-state index in [1.54, 1.807) is 0 Å². The molecule has 0 bridgehead atoms. The molecule has 2 aromatic rings. The number of carboxylic acids is 1. The molecule has 0 fully saturated rings. The van der Waals surface area contributed by atoms with E-state index in [2.05, 4.69) is 50.1 Å². The van der Waals surface area contributed by atoms with Gasteiger partial charge < -0.3 is 30.5 Å². The summed E-state index contributed by atoms with van der Waals surface area (Å²) in [5.74, 6) is 1.03. The lowest BCUT2D eigenvalue weighted by atomic mass is 9.96. The molecule has 0 saturated carbocycles. The zero-order valence-electron chi connectivity index (χ0n) is 24.4. The number of aryl methyl sites for hydroxylation is 1. The fourth-order valence-corrected chi connectivity index (χ4v) is 4.43. The van der Waals surface area contributed by atoms with Gasteiger partial charge >= 0.3 is 0 Å². The van der Waals surface area contributed by atoms with E-state index < -0.39 is 5.97 Å². The number of carbonyl (C=O) groups is 2. The molecule has 1 aliphatic heterocycles. The molecule has 39 heavy (non-hydrogen) atoms. The van der Waals surface area contributed by atoms with Crippen LogP contribution < -0.4 is 15.8 Å². The van der Waals surface area contributed by atoms with Crippen LogP contribution in [0.3, 0.4) is 0 Å². The molecule has 4 N–H and O–H groups in total. The number of amides is 1. The number of carboxylic acid groups (broad SMARTS) is 1. The summed E-state index contributed by atoms with van der Waals surface area (Å²) in [7, 11) is 1.86. The van der Waals surface area contributed by atoms with Crippen molar-refractivity contribution in [3.8, 4) is 5.75 Å². The minimum atomic E-state index is -0.833. The number of pyridine rings is 1. The van der Waals surface area contributed by atoms with Crippen molar-refractivity contribution in [2.45, 2.75) is 84.4 Å². The Labute approximate surface area is 233 Å². The molecule has 216 valence electrons. The van der Waals surface area contributed by atoms with E-state index in [4.69, 9.17) is 25.1 Å². The number of fused-ring (bicyclic) bond motifs is 1. The van der Waals surface area contributed by atoms with Gasteiger partial charge in [-0.25, -0.2) is 4.98 Å². The van der Waals surface area contributed by atoms with E-state index in [0.717, 1.165) is 55.4 Å². The number of carbonyl (C=O) groups excluding carboxylic acids is 1. The van der Waals surface area contributed by atoms with E-state index in [1.165, 1.54) is 5.56 Å². The second-order valence-corrected chi connectivity index (χ2v) is 11.0. The number of ether oxygens (including phenoxy) is 2. The summed E-state index contributed by atoms with van der Waals surface area (Å²) in [5.41, 5.74) is 8.49. The molecule has 3 rings (SSSR count). The lowest BCUT2D eigenvalue weighted by molar-refractivity contribution is -0.138. The Morgan fingerprint density at radius 3 is 2.49 bits per heavy atom. The molecular weight excluding hydrogens is 496 g/mol. The van der Waals surface area contributed by atoms with E-state index in [-0.39, 0.29) is 17.0 Å². The molecule has 2 heterocycles. The quantitative estimate of drug-likeness (QED) is 0.360. The van der Waals surface area contributed by atoms with Crippen molar-refractivity contribution in [2.24, 2.45) is 5.73 Å². The summed E-state index contributed by atoms with van der Waals surface area (Å²) < 4.78 is 12.2. The summed E-state index contributed by atoms with van der Waals surface area (Å²) in [5, 5.41) is 10.5. The number of nitrogens with two attached hydrogens (primary N) is 1.